The van der Waals surface area contributed by atoms with E-state index in [1.54, 1.807) is 0 Å². The highest BCUT2D eigenvalue weighted by atomic mass is 16.3. The van der Waals surface area contributed by atoms with Crippen LogP contribution in [-0.2, 0) is 0 Å². The maximum absolute atomic E-state index is 6.54. The van der Waals surface area contributed by atoms with Gasteiger partial charge in [0.15, 0.2) is 11.6 Å². The third kappa shape index (κ3) is 4.87. The van der Waals surface area contributed by atoms with Crippen molar-refractivity contribution < 1.29 is 4.42 Å². The average molecular weight is 730 g/mol. The maximum atomic E-state index is 6.54. The number of aromatic nitrogens is 5. The van der Waals surface area contributed by atoms with Crippen molar-refractivity contribution in [1.82, 2.24) is 24.1 Å². The Morgan fingerprint density at radius 3 is 1.63 bits per heavy atom. The third-order valence-corrected chi connectivity index (χ3v) is 11.2. The molecule has 266 valence electrons. The Hall–Kier alpha value is -7.83. The lowest BCUT2D eigenvalue weighted by Gasteiger charge is -2.12. The van der Waals surface area contributed by atoms with Gasteiger partial charge in [0.25, 0.3) is 0 Å². The number of para-hydroxylation sites is 5. The van der Waals surface area contributed by atoms with E-state index in [1.165, 1.54) is 5.39 Å². The zero-order valence-electron chi connectivity index (χ0n) is 30.5. The van der Waals surface area contributed by atoms with Gasteiger partial charge in [-0.1, -0.05) is 140 Å². The second-order valence-electron chi connectivity index (χ2n) is 14.4. The Bertz CT molecular complexity index is 3510. The van der Waals surface area contributed by atoms with E-state index in [0.717, 1.165) is 88.1 Å². The van der Waals surface area contributed by atoms with Crippen LogP contribution in [0, 0.1) is 0 Å². The second-order valence-corrected chi connectivity index (χ2v) is 14.4. The number of nitrogens with zero attached hydrogens (tertiary/aromatic N) is 5. The molecule has 0 unspecified atom stereocenters. The van der Waals surface area contributed by atoms with Gasteiger partial charge in [0, 0.05) is 43.6 Å². The molecule has 0 aliphatic heterocycles. The number of hydrogen-bond acceptors (Lipinski definition) is 4. The van der Waals surface area contributed by atoms with Gasteiger partial charge < -0.3 is 8.98 Å². The number of rotatable bonds is 5. The molecule has 0 atom stereocenters. The number of furan rings is 1. The molecule has 4 heterocycles. The smallest absolute Gasteiger partial charge is 0.238 e. The molecule has 12 rings (SSSR count). The largest absolute Gasteiger partial charge is 0.455 e. The Balaban J connectivity index is 1.15. The van der Waals surface area contributed by atoms with Gasteiger partial charge in [0.1, 0.15) is 11.2 Å². The van der Waals surface area contributed by atoms with Crippen LogP contribution in [0.2, 0.25) is 0 Å². The average Bonchev–Trinajstić information content (AvgIpc) is 3.93. The van der Waals surface area contributed by atoms with Gasteiger partial charge >= 0.3 is 0 Å². The Morgan fingerprint density at radius 1 is 0.351 bits per heavy atom. The predicted octanol–water partition coefficient (Wildman–Crippen LogP) is 13.0. The van der Waals surface area contributed by atoms with Gasteiger partial charge in [-0.25, -0.2) is 4.98 Å². The van der Waals surface area contributed by atoms with Crippen LogP contribution >= 0.6 is 0 Å². The molecule has 57 heavy (non-hydrogen) atoms. The zero-order valence-corrected chi connectivity index (χ0v) is 30.5. The summed E-state index contributed by atoms with van der Waals surface area (Å²) in [6, 6.07) is 65.6. The van der Waals surface area contributed by atoms with Crippen LogP contribution in [0.25, 0.3) is 111 Å². The Morgan fingerprint density at radius 2 is 0.895 bits per heavy atom. The van der Waals surface area contributed by atoms with Gasteiger partial charge in [-0.15, -0.1) is 0 Å². The SMILES string of the molecule is c1ccc(-c2ccc(-c3nc(-c4cccc5c4oc4ccccc45)nc(-n4c5ccccc5c5cc6c(cc54)c4ccccc4n6-c4ccccc4)n3)cc2)cc1. The van der Waals surface area contributed by atoms with E-state index in [2.05, 4.69) is 167 Å². The molecule has 0 aliphatic rings. The summed E-state index contributed by atoms with van der Waals surface area (Å²) in [6.07, 6.45) is 0. The van der Waals surface area contributed by atoms with Crippen LogP contribution in [0.4, 0.5) is 0 Å². The summed E-state index contributed by atoms with van der Waals surface area (Å²) in [5.41, 5.74) is 11.0. The summed E-state index contributed by atoms with van der Waals surface area (Å²) in [6.45, 7) is 0. The summed E-state index contributed by atoms with van der Waals surface area (Å²) in [5, 5.41) is 6.66. The van der Waals surface area contributed by atoms with Crippen molar-refractivity contribution in [1.29, 1.82) is 0 Å². The fourth-order valence-electron chi connectivity index (χ4n) is 8.58. The molecule has 0 fully saturated rings. The first-order valence-electron chi connectivity index (χ1n) is 19.1. The quantitative estimate of drug-likeness (QED) is 0.177. The van der Waals surface area contributed by atoms with Crippen LogP contribution < -0.4 is 0 Å². The van der Waals surface area contributed by atoms with Gasteiger partial charge in [-0.3, -0.25) is 4.57 Å². The van der Waals surface area contributed by atoms with Crippen molar-refractivity contribution in [2.45, 2.75) is 0 Å². The summed E-state index contributed by atoms with van der Waals surface area (Å²) < 4.78 is 11.1. The van der Waals surface area contributed by atoms with Crippen LogP contribution in [0.1, 0.15) is 0 Å². The molecule has 0 bridgehead atoms. The van der Waals surface area contributed by atoms with Crippen molar-refractivity contribution in [3.05, 3.63) is 188 Å². The molecular weight excluding hydrogens is 699 g/mol. The van der Waals surface area contributed by atoms with E-state index < -0.39 is 0 Å². The lowest BCUT2D eigenvalue weighted by molar-refractivity contribution is 0.669. The standard InChI is InChI=1S/C51H31N5O/c1-3-14-32(15-4-1)33-26-28-34(29-27-33)49-52-50(40-22-13-21-39-38-20-9-12-25-47(38)57-48(39)40)54-51(53-49)56-44-24-11-8-19-37(44)42-30-45-41(31-46(42)56)36-18-7-10-23-43(36)55(45)35-16-5-2-6-17-35/h1-31H. The first-order chi connectivity index (χ1) is 28.3. The van der Waals surface area contributed by atoms with Crippen LogP contribution in [-0.4, -0.2) is 24.1 Å². The van der Waals surface area contributed by atoms with Crippen molar-refractivity contribution in [3.8, 4) is 45.5 Å². The van der Waals surface area contributed by atoms with E-state index >= 15 is 0 Å². The van der Waals surface area contributed by atoms with E-state index in [4.69, 9.17) is 19.4 Å². The molecule has 0 amide bonds. The second kappa shape index (κ2) is 12.3. The zero-order chi connectivity index (χ0) is 37.5. The topological polar surface area (TPSA) is 61.7 Å². The number of fused-ring (bicyclic) bond motifs is 9. The molecule has 0 aliphatic carbocycles. The first kappa shape index (κ1) is 31.5. The number of hydrogen-bond donors (Lipinski definition) is 0. The fraction of sp³-hybridized carbons (Fsp3) is 0. The van der Waals surface area contributed by atoms with Gasteiger partial charge in [-0.2, -0.15) is 9.97 Å². The predicted molar refractivity (Wildman–Crippen MR) is 232 cm³/mol. The molecule has 0 saturated heterocycles. The maximum Gasteiger partial charge on any atom is 0.238 e. The Labute approximate surface area is 326 Å². The van der Waals surface area contributed by atoms with Crippen LogP contribution in [0.3, 0.4) is 0 Å². The first-order valence-corrected chi connectivity index (χ1v) is 19.1. The monoisotopic (exact) mass is 729 g/mol. The molecule has 0 saturated carbocycles. The molecule has 0 N–H and O–H groups in total. The minimum Gasteiger partial charge on any atom is -0.455 e. The van der Waals surface area contributed by atoms with Crippen molar-refractivity contribution >= 4 is 65.6 Å². The normalized spacial score (nSPS) is 11.9. The van der Waals surface area contributed by atoms with Crippen LogP contribution in [0.15, 0.2) is 192 Å². The molecule has 6 nitrogen and oxygen atoms in total. The molecular formula is C51H31N5O. The van der Waals surface area contributed by atoms with Gasteiger partial charge in [0.05, 0.1) is 27.6 Å². The summed E-state index contributed by atoms with van der Waals surface area (Å²) >= 11 is 0. The molecule has 0 radical (unpaired) electrons. The Kier molecular flexibility index (Phi) is 6.83. The molecule has 4 aromatic heterocycles. The summed E-state index contributed by atoms with van der Waals surface area (Å²) in [4.78, 5) is 15.8. The highest BCUT2D eigenvalue weighted by Crippen LogP contribution is 2.40. The van der Waals surface area contributed by atoms with Crippen LogP contribution in [0.5, 0.6) is 0 Å². The van der Waals surface area contributed by atoms with E-state index in [-0.39, 0.29) is 0 Å². The summed E-state index contributed by atoms with van der Waals surface area (Å²) in [7, 11) is 0. The van der Waals surface area contributed by atoms with E-state index in [1.807, 2.05) is 30.3 Å². The minimum absolute atomic E-state index is 0.535. The molecule has 8 aromatic carbocycles. The van der Waals surface area contributed by atoms with Gasteiger partial charge in [-0.05, 0) is 59.7 Å². The van der Waals surface area contributed by atoms with Crippen molar-refractivity contribution in [2.24, 2.45) is 0 Å². The van der Waals surface area contributed by atoms with Crippen molar-refractivity contribution in [3.63, 3.8) is 0 Å². The van der Waals surface area contributed by atoms with E-state index in [0.29, 0.717) is 17.6 Å². The van der Waals surface area contributed by atoms with Crippen molar-refractivity contribution in [2.75, 3.05) is 0 Å². The molecule has 0 spiro atoms. The van der Waals surface area contributed by atoms with Gasteiger partial charge in [0.2, 0.25) is 5.95 Å². The van der Waals surface area contributed by atoms with E-state index in [9.17, 15) is 0 Å². The fourth-order valence-corrected chi connectivity index (χ4v) is 8.58. The lowest BCUT2D eigenvalue weighted by atomic mass is 10.0. The molecule has 12 aromatic rings. The molecule has 6 heteroatoms. The number of benzene rings is 8. The highest BCUT2D eigenvalue weighted by molar-refractivity contribution is 6.19. The summed E-state index contributed by atoms with van der Waals surface area (Å²) in [5.74, 6) is 1.66. The lowest BCUT2D eigenvalue weighted by Crippen LogP contribution is -2.06. The third-order valence-electron chi connectivity index (χ3n) is 11.2. The minimum atomic E-state index is 0.535. The highest BCUT2D eigenvalue weighted by Gasteiger charge is 2.22.